The zero-order valence-electron chi connectivity index (χ0n) is 8.95. The highest BCUT2D eigenvalue weighted by Crippen LogP contribution is 1.94. The van der Waals surface area contributed by atoms with E-state index in [2.05, 4.69) is 25.3 Å². The summed E-state index contributed by atoms with van der Waals surface area (Å²) in [6, 6.07) is 0. The van der Waals surface area contributed by atoms with Crippen LogP contribution in [0.25, 0.3) is 0 Å². The summed E-state index contributed by atoms with van der Waals surface area (Å²) in [4.78, 5) is 13.2. The van der Waals surface area contributed by atoms with E-state index in [-0.39, 0.29) is 12.2 Å². The maximum Gasteiger partial charge on any atom is 0.335 e. The number of carbonyl (C=O) groups is 1. The Morgan fingerprint density at radius 3 is 2.43 bits per heavy atom. The molecule has 0 saturated heterocycles. The average molecular weight is 201 g/mol. The third-order valence-corrected chi connectivity index (χ3v) is 2.01. The fourth-order valence-corrected chi connectivity index (χ4v) is 0.974. The van der Waals surface area contributed by atoms with E-state index in [9.17, 15) is 4.79 Å². The number of likely N-dealkylation sites (N-methyl/N-ethyl adjacent to an activating group) is 1. The molecule has 0 radical (unpaired) electrons. The molecule has 0 bridgehead atoms. The number of hydrogen-bond acceptors (Lipinski definition) is 4. The first-order chi connectivity index (χ1) is 6.65. The summed E-state index contributed by atoms with van der Waals surface area (Å²) >= 11 is 0. The molecule has 0 aliphatic rings. The second kappa shape index (κ2) is 7.53. The second-order valence-corrected chi connectivity index (χ2v) is 2.92. The molecule has 4 nitrogen and oxygen atoms in total. The lowest BCUT2D eigenvalue weighted by molar-refractivity contribution is -0.139. The Labute approximate surface area is 85.2 Å². The summed E-state index contributed by atoms with van der Waals surface area (Å²) in [7, 11) is 0. The van der Waals surface area contributed by atoms with Crippen molar-refractivity contribution in [3.63, 3.8) is 0 Å². The van der Waals surface area contributed by atoms with Crippen molar-refractivity contribution in [1.82, 2.24) is 4.90 Å². The molecule has 0 fully saturated rings. The van der Waals surface area contributed by atoms with Crippen LogP contribution in [0.1, 0.15) is 13.8 Å². The molecule has 0 spiro atoms. The molecule has 0 aromatic rings. The number of rotatable bonds is 7. The number of hydrogen-bond donors (Lipinski definition) is 1. The fourth-order valence-electron chi connectivity index (χ4n) is 0.974. The molecule has 0 saturated carbocycles. The number of esters is 1. The van der Waals surface area contributed by atoms with Crippen LogP contribution in [0.15, 0.2) is 12.2 Å². The smallest absolute Gasteiger partial charge is 0.335 e. The SMILES string of the molecule is C=C(CO)C(=O)OCCN(CC)CC. The van der Waals surface area contributed by atoms with Crippen molar-refractivity contribution < 1.29 is 14.6 Å². The fraction of sp³-hybridized carbons (Fsp3) is 0.700. The molecule has 0 aliphatic carbocycles. The Balaban J connectivity index is 3.63. The Kier molecular flexibility index (Phi) is 7.06. The monoisotopic (exact) mass is 201 g/mol. The van der Waals surface area contributed by atoms with Gasteiger partial charge in [0, 0.05) is 6.54 Å². The van der Waals surface area contributed by atoms with E-state index < -0.39 is 5.97 Å². The van der Waals surface area contributed by atoms with Crippen LogP contribution in [0.5, 0.6) is 0 Å². The minimum atomic E-state index is -0.514. The van der Waals surface area contributed by atoms with Gasteiger partial charge < -0.3 is 14.7 Å². The number of aliphatic hydroxyl groups excluding tert-OH is 1. The van der Waals surface area contributed by atoms with Crippen LogP contribution in [0.2, 0.25) is 0 Å². The Hall–Kier alpha value is -0.870. The summed E-state index contributed by atoms with van der Waals surface area (Å²) < 4.78 is 4.89. The summed E-state index contributed by atoms with van der Waals surface area (Å²) in [5.74, 6) is -0.514. The first kappa shape index (κ1) is 13.1. The molecule has 4 heteroatoms. The van der Waals surface area contributed by atoms with Gasteiger partial charge in [0.25, 0.3) is 0 Å². The van der Waals surface area contributed by atoms with Gasteiger partial charge in [0.05, 0.1) is 12.2 Å². The molecule has 14 heavy (non-hydrogen) atoms. The zero-order valence-corrected chi connectivity index (χ0v) is 8.95. The molecule has 0 aromatic carbocycles. The van der Waals surface area contributed by atoms with Gasteiger partial charge in [-0.1, -0.05) is 20.4 Å². The summed E-state index contributed by atoms with van der Waals surface area (Å²) in [6.45, 7) is 10.1. The predicted molar refractivity (Wildman–Crippen MR) is 55.0 cm³/mol. The number of aliphatic hydroxyl groups is 1. The molecule has 1 N–H and O–H groups in total. The average Bonchev–Trinajstić information content (AvgIpc) is 2.22. The summed E-state index contributed by atoms with van der Waals surface area (Å²) in [5, 5.41) is 8.60. The minimum absolute atomic E-state index is 0.101. The van der Waals surface area contributed by atoms with Crippen molar-refractivity contribution in [1.29, 1.82) is 0 Å². The van der Waals surface area contributed by atoms with Gasteiger partial charge in [-0.2, -0.15) is 0 Å². The van der Waals surface area contributed by atoms with E-state index in [0.717, 1.165) is 19.6 Å². The van der Waals surface area contributed by atoms with E-state index in [4.69, 9.17) is 9.84 Å². The molecular formula is C10H19NO3. The number of carbonyl (C=O) groups excluding carboxylic acids is 1. The number of ether oxygens (including phenoxy) is 1. The first-order valence-electron chi connectivity index (χ1n) is 4.83. The molecule has 0 unspecified atom stereocenters. The van der Waals surface area contributed by atoms with E-state index in [0.29, 0.717) is 6.61 Å². The van der Waals surface area contributed by atoms with Crippen LogP contribution in [0.4, 0.5) is 0 Å². The van der Waals surface area contributed by atoms with Crippen molar-refractivity contribution in [3.8, 4) is 0 Å². The third kappa shape index (κ3) is 4.99. The van der Waals surface area contributed by atoms with Gasteiger partial charge >= 0.3 is 5.97 Å². The molecule has 0 aromatic heterocycles. The van der Waals surface area contributed by atoms with Crippen LogP contribution in [-0.4, -0.2) is 48.8 Å². The normalized spacial score (nSPS) is 10.3. The number of nitrogens with zero attached hydrogens (tertiary/aromatic N) is 1. The second-order valence-electron chi connectivity index (χ2n) is 2.92. The van der Waals surface area contributed by atoms with Crippen molar-refractivity contribution >= 4 is 5.97 Å². The van der Waals surface area contributed by atoms with Crippen molar-refractivity contribution in [2.45, 2.75) is 13.8 Å². The quantitative estimate of drug-likeness (QED) is 0.479. The van der Waals surface area contributed by atoms with Crippen LogP contribution in [-0.2, 0) is 9.53 Å². The Bertz CT molecular complexity index is 188. The van der Waals surface area contributed by atoms with Crippen molar-refractivity contribution in [3.05, 3.63) is 12.2 Å². The predicted octanol–water partition coefficient (Wildman–Crippen LogP) is 0.420. The van der Waals surface area contributed by atoms with E-state index in [1.165, 1.54) is 0 Å². The standard InChI is InChI=1S/C10H19NO3/c1-4-11(5-2)6-7-14-10(13)9(3)8-12/h12H,3-8H2,1-2H3. The minimum Gasteiger partial charge on any atom is -0.461 e. The summed E-state index contributed by atoms with van der Waals surface area (Å²) in [6.07, 6.45) is 0. The molecule has 0 atom stereocenters. The Morgan fingerprint density at radius 2 is 2.00 bits per heavy atom. The van der Waals surface area contributed by atoms with Gasteiger partial charge in [0.1, 0.15) is 6.61 Å². The maximum atomic E-state index is 11.0. The van der Waals surface area contributed by atoms with Gasteiger partial charge in [0.2, 0.25) is 0 Å². The van der Waals surface area contributed by atoms with Crippen LogP contribution < -0.4 is 0 Å². The zero-order chi connectivity index (χ0) is 11.0. The van der Waals surface area contributed by atoms with Crippen molar-refractivity contribution in [2.75, 3.05) is 32.8 Å². The Morgan fingerprint density at radius 1 is 1.43 bits per heavy atom. The highest BCUT2D eigenvalue weighted by atomic mass is 16.5. The highest BCUT2D eigenvalue weighted by molar-refractivity contribution is 5.87. The molecule has 0 rings (SSSR count). The topological polar surface area (TPSA) is 49.8 Å². The molecular weight excluding hydrogens is 182 g/mol. The highest BCUT2D eigenvalue weighted by Gasteiger charge is 2.07. The lowest BCUT2D eigenvalue weighted by atomic mass is 10.3. The van der Waals surface area contributed by atoms with Gasteiger partial charge in [0.15, 0.2) is 0 Å². The summed E-state index contributed by atoms with van der Waals surface area (Å²) in [5.41, 5.74) is 0.101. The molecule has 82 valence electrons. The molecule has 0 amide bonds. The van der Waals surface area contributed by atoms with Crippen molar-refractivity contribution in [2.24, 2.45) is 0 Å². The molecule has 0 aliphatic heterocycles. The molecule has 0 heterocycles. The van der Waals surface area contributed by atoms with E-state index in [1.54, 1.807) is 0 Å². The third-order valence-electron chi connectivity index (χ3n) is 2.01. The van der Waals surface area contributed by atoms with Gasteiger partial charge in [-0.3, -0.25) is 0 Å². The lowest BCUT2D eigenvalue weighted by Gasteiger charge is -2.17. The van der Waals surface area contributed by atoms with Crippen LogP contribution in [0, 0.1) is 0 Å². The van der Waals surface area contributed by atoms with Crippen LogP contribution >= 0.6 is 0 Å². The van der Waals surface area contributed by atoms with Gasteiger partial charge in [-0.05, 0) is 13.1 Å². The van der Waals surface area contributed by atoms with E-state index >= 15 is 0 Å². The van der Waals surface area contributed by atoms with Crippen LogP contribution in [0.3, 0.4) is 0 Å². The van der Waals surface area contributed by atoms with Gasteiger partial charge in [-0.15, -0.1) is 0 Å². The lowest BCUT2D eigenvalue weighted by Crippen LogP contribution is -2.28. The largest absolute Gasteiger partial charge is 0.461 e. The first-order valence-corrected chi connectivity index (χ1v) is 4.83. The maximum absolute atomic E-state index is 11.0. The van der Waals surface area contributed by atoms with E-state index in [1.807, 2.05) is 0 Å². The van der Waals surface area contributed by atoms with Gasteiger partial charge in [-0.25, -0.2) is 4.79 Å².